The van der Waals surface area contributed by atoms with E-state index in [1.165, 1.54) is 12.1 Å². The zero-order chi connectivity index (χ0) is 14.6. The van der Waals surface area contributed by atoms with E-state index in [1.54, 1.807) is 12.1 Å². The molecule has 0 aromatic heterocycles. The Morgan fingerprint density at radius 1 is 1.38 bits per heavy atom. The first-order chi connectivity index (χ1) is 9.47. The topological polar surface area (TPSA) is 41.1 Å². The van der Waals surface area contributed by atoms with Crippen LogP contribution in [0.15, 0.2) is 24.3 Å². The number of carbonyl (C=O) groups excluding carboxylic acids is 1. The molecular weight excluding hydrogens is 291 g/mol. The van der Waals surface area contributed by atoms with Crippen molar-refractivity contribution in [1.82, 2.24) is 10.6 Å². The minimum atomic E-state index is -0.235. The zero-order valence-electron chi connectivity index (χ0n) is 12.6. The highest BCUT2D eigenvalue weighted by molar-refractivity contribution is 5.85. The third-order valence-electron chi connectivity index (χ3n) is 3.95. The van der Waals surface area contributed by atoms with Crippen molar-refractivity contribution in [3.63, 3.8) is 0 Å². The Morgan fingerprint density at radius 3 is 2.62 bits per heavy atom. The van der Waals surface area contributed by atoms with Gasteiger partial charge in [-0.3, -0.25) is 4.79 Å². The van der Waals surface area contributed by atoms with Gasteiger partial charge < -0.3 is 10.6 Å². The van der Waals surface area contributed by atoms with Gasteiger partial charge in [-0.25, -0.2) is 4.39 Å². The van der Waals surface area contributed by atoms with Crippen LogP contribution in [0.25, 0.3) is 0 Å². The minimum absolute atomic E-state index is 0. The summed E-state index contributed by atoms with van der Waals surface area (Å²) in [5.74, 6) is -0.152. The highest BCUT2D eigenvalue weighted by Gasteiger charge is 2.23. The molecule has 1 fully saturated rings. The molecule has 2 rings (SSSR count). The number of amides is 1. The lowest BCUT2D eigenvalue weighted by Crippen LogP contribution is -2.39. The Balaban J connectivity index is 0.00000220. The molecule has 2 N–H and O–H groups in total. The Kier molecular flexibility index (Phi) is 6.62. The van der Waals surface area contributed by atoms with Gasteiger partial charge >= 0.3 is 0 Å². The van der Waals surface area contributed by atoms with Gasteiger partial charge in [-0.2, -0.15) is 0 Å². The van der Waals surface area contributed by atoms with Crippen LogP contribution in [0.5, 0.6) is 0 Å². The first-order valence-electron chi connectivity index (χ1n) is 7.23. The fraction of sp³-hybridized carbons (Fsp3) is 0.562. The molecule has 0 bridgehead atoms. The van der Waals surface area contributed by atoms with E-state index in [1.807, 2.05) is 13.8 Å². The lowest BCUT2D eigenvalue weighted by molar-refractivity contribution is -0.121. The monoisotopic (exact) mass is 314 g/mol. The number of halogens is 2. The number of rotatable bonds is 5. The molecule has 0 aliphatic carbocycles. The molecule has 1 aromatic carbocycles. The predicted octanol–water partition coefficient (Wildman–Crippen LogP) is 2.78. The molecule has 0 radical (unpaired) electrons. The van der Waals surface area contributed by atoms with Crippen LogP contribution in [0.1, 0.15) is 38.7 Å². The summed E-state index contributed by atoms with van der Waals surface area (Å²) in [7, 11) is 0. The molecule has 1 aliphatic rings. The van der Waals surface area contributed by atoms with Crippen LogP contribution in [0.2, 0.25) is 0 Å². The van der Waals surface area contributed by atoms with Crippen molar-refractivity contribution < 1.29 is 9.18 Å². The second kappa shape index (κ2) is 7.76. The summed E-state index contributed by atoms with van der Waals surface area (Å²) in [5.41, 5.74) is 0.824. The van der Waals surface area contributed by atoms with Crippen molar-refractivity contribution in [3.05, 3.63) is 35.6 Å². The van der Waals surface area contributed by atoms with Crippen LogP contribution in [0.3, 0.4) is 0 Å². The first-order valence-corrected chi connectivity index (χ1v) is 7.23. The number of carbonyl (C=O) groups is 1. The van der Waals surface area contributed by atoms with Crippen molar-refractivity contribution in [2.24, 2.45) is 0 Å². The van der Waals surface area contributed by atoms with Crippen molar-refractivity contribution in [2.45, 2.75) is 44.6 Å². The lowest BCUT2D eigenvalue weighted by atomic mass is 9.84. The maximum atomic E-state index is 12.9. The van der Waals surface area contributed by atoms with E-state index in [2.05, 4.69) is 10.6 Å². The normalized spacial score (nSPS) is 18.1. The van der Waals surface area contributed by atoms with E-state index in [9.17, 15) is 9.18 Å². The molecule has 0 spiro atoms. The van der Waals surface area contributed by atoms with E-state index >= 15 is 0 Å². The second-order valence-electron chi connectivity index (χ2n) is 6.16. The summed E-state index contributed by atoms with van der Waals surface area (Å²) in [5, 5.41) is 6.31. The molecule has 1 heterocycles. The van der Waals surface area contributed by atoms with Crippen LogP contribution in [0.4, 0.5) is 4.39 Å². The maximum Gasteiger partial charge on any atom is 0.221 e. The Labute approximate surface area is 132 Å². The second-order valence-corrected chi connectivity index (χ2v) is 6.16. The van der Waals surface area contributed by atoms with E-state index in [0.717, 1.165) is 24.9 Å². The van der Waals surface area contributed by atoms with Crippen molar-refractivity contribution in [3.8, 4) is 0 Å². The summed E-state index contributed by atoms with van der Waals surface area (Å²) in [6, 6.07) is 6.80. The molecule has 1 saturated heterocycles. The van der Waals surface area contributed by atoms with Crippen molar-refractivity contribution in [2.75, 3.05) is 13.1 Å². The summed E-state index contributed by atoms with van der Waals surface area (Å²) in [4.78, 5) is 11.9. The Hall–Kier alpha value is -1.13. The third kappa shape index (κ3) is 5.29. The third-order valence-corrected chi connectivity index (χ3v) is 3.95. The molecule has 1 aliphatic heterocycles. The molecular formula is C16H24ClFN2O. The number of hydrogen-bond acceptors (Lipinski definition) is 2. The summed E-state index contributed by atoms with van der Waals surface area (Å²) >= 11 is 0. The summed E-state index contributed by atoms with van der Waals surface area (Å²) < 4.78 is 12.9. The fourth-order valence-corrected chi connectivity index (χ4v) is 2.55. The van der Waals surface area contributed by atoms with Crippen LogP contribution < -0.4 is 10.6 Å². The number of hydrogen-bond donors (Lipinski definition) is 2. The van der Waals surface area contributed by atoms with Gasteiger partial charge in [-0.1, -0.05) is 26.0 Å². The standard InChI is InChI=1S/C16H23FN2O.ClH/c1-16(2,12-5-7-13(17)8-6-12)11-19-15(20)10-14-4-3-9-18-14;/h5-8,14,18H,3-4,9-11H2,1-2H3,(H,19,20);1H. The fourth-order valence-electron chi connectivity index (χ4n) is 2.55. The van der Waals surface area contributed by atoms with Crippen molar-refractivity contribution in [1.29, 1.82) is 0 Å². The van der Waals surface area contributed by atoms with Crippen LogP contribution >= 0.6 is 12.4 Å². The molecule has 1 aromatic rings. The van der Waals surface area contributed by atoms with E-state index in [-0.39, 0.29) is 29.5 Å². The largest absolute Gasteiger partial charge is 0.355 e. The SMILES string of the molecule is CC(C)(CNC(=O)CC1CCCN1)c1ccc(F)cc1.Cl. The van der Waals surface area contributed by atoms with Gasteiger partial charge in [0, 0.05) is 24.4 Å². The predicted molar refractivity (Wildman–Crippen MR) is 85.3 cm³/mol. The number of nitrogens with one attached hydrogen (secondary N) is 2. The Bertz CT molecular complexity index is 456. The number of benzene rings is 1. The maximum absolute atomic E-state index is 12.9. The summed E-state index contributed by atoms with van der Waals surface area (Å²) in [6.45, 7) is 5.67. The van der Waals surface area contributed by atoms with E-state index < -0.39 is 0 Å². The Morgan fingerprint density at radius 2 is 2.05 bits per heavy atom. The van der Waals surface area contributed by atoms with Crippen LogP contribution in [-0.4, -0.2) is 25.0 Å². The van der Waals surface area contributed by atoms with Gasteiger partial charge in [0.25, 0.3) is 0 Å². The van der Waals surface area contributed by atoms with Crippen molar-refractivity contribution >= 4 is 18.3 Å². The molecule has 1 amide bonds. The van der Waals surface area contributed by atoms with Gasteiger partial charge in [0.15, 0.2) is 0 Å². The molecule has 1 atom stereocenters. The van der Waals surface area contributed by atoms with Gasteiger partial charge in [-0.05, 0) is 37.1 Å². The van der Waals surface area contributed by atoms with E-state index in [4.69, 9.17) is 0 Å². The average Bonchev–Trinajstić information content (AvgIpc) is 2.90. The van der Waals surface area contributed by atoms with Crippen LogP contribution in [0, 0.1) is 5.82 Å². The molecule has 118 valence electrons. The quantitative estimate of drug-likeness (QED) is 0.877. The molecule has 0 saturated carbocycles. The molecule has 21 heavy (non-hydrogen) atoms. The molecule has 3 nitrogen and oxygen atoms in total. The van der Waals surface area contributed by atoms with Crippen LogP contribution in [-0.2, 0) is 10.2 Å². The van der Waals surface area contributed by atoms with Gasteiger partial charge in [-0.15, -0.1) is 12.4 Å². The zero-order valence-corrected chi connectivity index (χ0v) is 13.4. The average molecular weight is 315 g/mol. The lowest BCUT2D eigenvalue weighted by Gasteiger charge is -2.26. The smallest absolute Gasteiger partial charge is 0.221 e. The van der Waals surface area contributed by atoms with E-state index in [0.29, 0.717) is 19.0 Å². The van der Waals surface area contributed by atoms with Gasteiger partial charge in [0.05, 0.1) is 0 Å². The highest BCUT2D eigenvalue weighted by Crippen LogP contribution is 2.22. The molecule has 1 unspecified atom stereocenters. The highest BCUT2D eigenvalue weighted by atomic mass is 35.5. The summed E-state index contributed by atoms with van der Waals surface area (Å²) in [6.07, 6.45) is 2.77. The molecule has 5 heteroatoms. The first kappa shape index (κ1) is 17.9. The minimum Gasteiger partial charge on any atom is -0.355 e. The van der Waals surface area contributed by atoms with Gasteiger partial charge in [0.1, 0.15) is 5.82 Å². The van der Waals surface area contributed by atoms with Gasteiger partial charge in [0.2, 0.25) is 5.91 Å².